The summed E-state index contributed by atoms with van der Waals surface area (Å²) in [7, 11) is 0. The molecule has 0 radical (unpaired) electrons. The van der Waals surface area contributed by atoms with Gasteiger partial charge in [-0.05, 0) is 42.5 Å². The van der Waals surface area contributed by atoms with Crippen molar-refractivity contribution in [3.63, 3.8) is 0 Å². The van der Waals surface area contributed by atoms with Gasteiger partial charge in [-0.3, -0.25) is 4.79 Å². The van der Waals surface area contributed by atoms with E-state index in [4.69, 9.17) is 0 Å². The number of hydrogen-bond donors (Lipinski definition) is 2. The van der Waals surface area contributed by atoms with Gasteiger partial charge in [-0.1, -0.05) is 31.9 Å². The SMILES string of the molecule is C[C@@H]1CCCC[C@@H]1NC(=O)/C(C#N)=C/c1cccc(O)c1. The van der Waals surface area contributed by atoms with Crippen molar-refractivity contribution in [2.75, 3.05) is 0 Å². The van der Waals surface area contributed by atoms with Gasteiger partial charge >= 0.3 is 0 Å². The Bertz CT molecular complexity index is 587. The minimum atomic E-state index is -0.334. The second-order valence-electron chi connectivity index (χ2n) is 5.61. The lowest BCUT2D eigenvalue weighted by Crippen LogP contribution is -2.41. The van der Waals surface area contributed by atoms with E-state index >= 15 is 0 Å². The normalized spacial score (nSPS) is 22.4. The van der Waals surface area contributed by atoms with Gasteiger partial charge < -0.3 is 10.4 Å². The fourth-order valence-electron chi connectivity index (χ4n) is 2.71. The Morgan fingerprint density at radius 3 is 2.86 bits per heavy atom. The molecule has 1 aliphatic rings. The summed E-state index contributed by atoms with van der Waals surface area (Å²) in [5.74, 6) is 0.227. The maximum atomic E-state index is 12.2. The second kappa shape index (κ2) is 6.94. The Morgan fingerprint density at radius 2 is 2.19 bits per heavy atom. The molecule has 4 nitrogen and oxygen atoms in total. The average molecular weight is 284 g/mol. The van der Waals surface area contributed by atoms with Crippen LogP contribution in [0, 0.1) is 17.2 Å². The zero-order valence-corrected chi connectivity index (χ0v) is 12.2. The Balaban J connectivity index is 2.10. The molecule has 0 spiro atoms. The average Bonchev–Trinajstić information content (AvgIpc) is 2.47. The first-order valence-electron chi connectivity index (χ1n) is 7.32. The highest BCUT2D eigenvalue weighted by Crippen LogP contribution is 2.24. The van der Waals surface area contributed by atoms with Gasteiger partial charge in [0.1, 0.15) is 17.4 Å². The van der Waals surface area contributed by atoms with Gasteiger partial charge in [-0.25, -0.2) is 0 Å². The number of nitriles is 1. The van der Waals surface area contributed by atoms with Gasteiger partial charge in [0.2, 0.25) is 0 Å². The van der Waals surface area contributed by atoms with E-state index in [0.717, 1.165) is 19.3 Å². The van der Waals surface area contributed by atoms with E-state index in [9.17, 15) is 15.2 Å². The molecule has 1 fully saturated rings. The zero-order valence-electron chi connectivity index (χ0n) is 12.2. The maximum Gasteiger partial charge on any atom is 0.262 e. The second-order valence-corrected chi connectivity index (χ2v) is 5.61. The van der Waals surface area contributed by atoms with Crippen LogP contribution in [0.1, 0.15) is 38.2 Å². The van der Waals surface area contributed by atoms with E-state index in [1.54, 1.807) is 18.2 Å². The highest BCUT2D eigenvalue weighted by molar-refractivity contribution is 6.01. The molecule has 0 saturated heterocycles. The van der Waals surface area contributed by atoms with Crippen LogP contribution in [0.4, 0.5) is 0 Å². The minimum absolute atomic E-state index is 0.0679. The Kier molecular flexibility index (Phi) is 4.99. The van der Waals surface area contributed by atoms with Crippen molar-refractivity contribution in [3.05, 3.63) is 35.4 Å². The lowest BCUT2D eigenvalue weighted by atomic mass is 9.86. The largest absolute Gasteiger partial charge is 0.508 e. The highest BCUT2D eigenvalue weighted by Gasteiger charge is 2.23. The van der Waals surface area contributed by atoms with E-state index in [2.05, 4.69) is 12.2 Å². The van der Waals surface area contributed by atoms with Crippen molar-refractivity contribution >= 4 is 12.0 Å². The molecule has 0 bridgehead atoms. The number of nitrogens with zero attached hydrogens (tertiary/aromatic N) is 1. The van der Waals surface area contributed by atoms with Crippen LogP contribution in [-0.2, 0) is 4.79 Å². The lowest BCUT2D eigenvalue weighted by Gasteiger charge is -2.29. The number of phenolic OH excluding ortho intramolecular Hbond substituents is 1. The number of amides is 1. The van der Waals surface area contributed by atoms with E-state index in [-0.39, 0.29) is 23.3 Å². The summed E-state index contributed by atoms with van der Waals surface area (Å²) >= 11 is 0. The van der Waals surface area contributed by atoms with E-state index in [1.165, 1.54) is 18.6 Å². The van der Waals surface area contributed by atoms with Crippen LogP contribution in [-0.4, -0.2) is 17.1 Å². The van der Waals surface area contributed by atoms with Gasteiger partial charge in [-0.2, -0.15) is 5.26 Å². The molecular formula is C17H20N2O2. The molecule has 2 atom stereocenters. The molecule has 2 N–H and O–H groups in total. The topological polar surface area (TPSA) is 73.1 Å². The van der Waals surface area contributed by atoms with Gasteiger partial charge in [0.15, 0.2) is 0 Å². The number of benzene rings is 1. The predicted molar refractivity (Wildman–Crippen MR) is 81.3 cm³/mol. The Labute approximate surface area is 125 Å². The molecule has 1 aliphatic carbocycles. The molecule has 1 amide bonds. The summed E-state index contributed by atoms with van der Waals surface area (Å²) < 4.78 is 0. The molecule has 1 aromatic rings. The fraction of sp³-hybridized carbons (Fsp3) is 0.412. The predicted octanol–water partition coefficient (Wildman–Crippen LogP) is 2.99. The van der Waals surface area contributed by atoms with Gasteiger partial charge in [0.25, 0.3) is 5.91 Å². The third kappa shape index (κ3) is 4.09. The third-order valence-electron chi connectivity index (χ3n) is 3.97. The van der Waals surface area contributed by atoms with Crippen molar-refractivity contribution in [1.82, 2.24) is 5.32 Å². The molecule has 0 aliphatic heterocycles. The zero-order chi connectivity index (χ0) is 15.2. The third-order valence-corrected chi connectivity index (χ3v) is 3.97. The van der Waals surface area contributed by atoms with Crippen molar-refractivity contribution in [3.8, 4) is 11.8 Å². The molecule has 110 valence electrons. The molecule has 0 unspecified atom stereocenters. The molecule has 4 heteroatoms. The van der Waals surface area contributed by atoms with Crippen molar-refractivity contribution < 1.29 is 9.90 Å². The number of rotatable bonds is 3. The monoisotopic (exact) mass is 284 g/mol. The van der Waals surface area contributed by atoms with E-state index in [0.29, 0.717) is 11.5 Å². The summed E-state index contributed by atoms with van der Waals surface area (Å²) in [4.78, 5) is 12.2. The standard InChI is InChI=1S/C17H20N2O2/c1-12-5-2-3-8-16(12)19-17(21)14(11-18)9-13-6-4-7-15(20)10-13/h4,6-7,9-10,12,16,20H,2-3,5,8H2,1H3,(H,19,21)/b14-9+/t12-,16+/m1/s1. The molecule has 2 rings (SSSR count). The van der Waals surface area contributed by atoms with Crippen LogP contribution in [0.15, 0.2) is 29.8 Å². The number of carbonyl (C=O) groups excluding carboxylic acids is 1. The first-order chi connectivity index (χ1) is 10.1. The maximum absolute atomic E-state index is 12.2. The highest BCUT2D eigenvalue weighted by atomic mass is 16.3. The number of nitrogens with one attached hydrogen (secondary N) is 1. The number of aromatic hydroxyl groups is 1. The number of phenols is 1. The quantitative estimate of drug-likeness (QED) is 0.662. The van der Waals surface area contributed by atoms with Crippen molar-refractivity contribution in [2.45, 2.75) is 38.6 Å². The Morgan fingerprint density at radius 1 is 1.43 bits per heavy atom. The number of hydrogen-bond acceptors (Lipinski definition) is 3. The van der Waals surface area contributed by atoms with Gasteiger partial charge in [0, 0.05) is 6.04 Å². The first-order valence-corrected chi connectivity index (χ1v) is 7.32. The van der Waals surface area contributed by atoms with Gasteiger partial charge in [-0.15, -0.1) is 0 Å². The summed E-state index contributed by atoms with van der Waals surface area (Å²) in [6, 6.07) is 8.58. The summed E-state index contributed by atoms with van der Waals surface area (Å²) in [6.45, 7) is 2.13. The Hall–Kier alpha value is -2.28. The molecule has 1 saturated carbocycles. The molecule has 1 aromatic carbocycles. The van der Waals surface area contributed by atoms with Crippen LogP contribution in [0.25, 0.3) is 6.08 Å². The smallest absolute Gasteiger partial charge is 0.262 e. The van der Waals surface area contributed by atoms with Crippen LogP contribution < -0.4 is 5.32 Å². The summed E-state index contributed by atoms with van der Waals surface area (Å²) in [5.41, 5.74) is 0.705. The molecule has 0 heterocycles. The lowest BCUT2D eigenvalue weighted by molar-refractivity contribution is -0.118. The van der Waals surface area contributed by atoms with E-state index < -0.39 is 0 Å². The van der Waals surface area contributed by atoms with Crippen LogP contribution in [0.3, 0.4) is 0 Å². The molecular weight excluding hydrogens is 264 g/mol. The molecule has 21 heavy (non-hydrogen) atoms. The minimum Gasteiger partial charge on any atom is -0.508 e. The van der Waals surface area contributed by atoms with Crippen molar-refractivity contribution in [2.24, 2.45) is 5.92 Å². The van der Waals surface area contributed by atoms with E-state index in [1.807, 2.05) is 6.07 Å². The molecule has 0 aromatic heterocycles. The number of carbonyl (C=O) groups is 1. The van der Waals surface area contributed by atoms with Crippen molar-refractivity contribution in [1.29, 1.82) is 5.26 Å². The van der Waals surface area contributed by atoms with Crippen LogP contribution in [0.5, 0.6) is 5.75 Å². The van der Waals surface area contributed by atoms with Crippen LogP contribution in [0.2, 0.25) is 0 Å². The fourth-order valence-corrected chi connectivity index (χ4v) is 2.71. The summed E-state index contributed by atoms with van der Waals surface area (Å²) in [6.07, 6.45) is 5.91. The first kappa shape index (κ1) is 15.1. The van der Waals surface area contributed by atoms with Gasteiger partial charge in [0.05, 0.1) is 0 Å². The van der Waals surface area contributed by atoms with Crippen LogP contribution >= 0.6 is 0 Å². The summed E-state index contributed by atoms with van der Waals surface area (Å²) in [5, 5.41) is 21.6.